The molecule has 0 saturated carbocycles. The van der Waals surface area contributed by atoms with Crippen molar-refractivity contribution in [3.8, 4) is 0 Å². The zero-order valence-corrected chi connectivity index (χ0v) is 31.4. The fraction of sp³-hybridized carbons (Fsp3) is 0.659. The van der Waals surface area contributed by atoms with E-state index in [-0.39, 0.29) is 30.5 Å². The molecule has 7 nitrogen and oxygen atoms in total. The number of benzene rings is 2. The van der Waals surface area contributed by atoms with Crippen molar-refractivity contribution in [2.24, 2.45) is 0 Å². The highest BCUT2D eigenvalue weighted by Gasteiger charge is 2.49. The Labute approximate surface area is 299 Å². The second-order valence-corrected chi connectivity index (χ2v) is 14.7. The van der Waals surface area contributed by atoms with Crippen molar-refractivity contribution in [2.75, 3.05) is 64.2 Å². The van der Waals surface area contributed by atoms with Crippen molar-refractivity contribution in [2.45, 2.75) is 116 Å². The summed E-state index contributed by atoms with van der Waals surface area (Å²) in [5.41, 5.74) is 3.63. The molecule has 0 spiro atoms. The summed E-state index contributed by atoms with van der Waals surface area (Å²) < 4.78 is 41.1. The van der Waals surface area contributed by atoms with Gasteiger partial charge in [-0.2, -0.15) is 0 Å². The number of hydrogen-bond donors (Lipinski definition) is 0. The van der Waals surface area contributed by atoms with Crippen LogP contribution in [0.15, 0.2) is 48.5 Å². The van der Waals surface area contributed by atoms with Crippen LogP contribution in [0, 0.1) is 0 Å². The number of nitrogens with zero attached hydrogens (tertiary/aromatic N) is 1. The van der Waals surface area contributed by atoms with E-state index in [1.807, 2.05) is 11.3 Å². The Morgan fingerprint density at radius 3 is 2.08 bits per heavy atom. The summed E-state index contributed by atoms with van der Waals surface area (Å²) in [6, 6.07) is 18.0. The first-order valence-electron chi connectivity index (χ1n) is 19.2. The van der Waals surface area contributed by atoms with Gasteiger partial charge in [0.1, 0.15) is 30.5 Å². The van der Waals surface area contributed by atoms with Crippen LogP contribution in [0.4, 0.5) is 5.69 Å². The summed E-state index contributed by atoms with van der Waals surface area (Å²) in [7, 11) is 0. The molecule has 3 aromatic rings. The van der Waals surface area contributed by atoms with Gasteiger partial charge in [0.2, 0.25) is 0 Å². The Balaban J connectivity index is 1.55. The van der Waals surface area contributed by atoms with Crippen molar-refractivity contribution < 1.29 is 28.4 Å². The summed E-state index contributed by atoms with van der Waals surface area (Å²) >= 11 is 1.88. The van der Waals surface area contributed by atoms with Gasteiger partial charge in [-0.05, 0) is 54.8 Å². The third-order valence-electron chi connectivity index (χ3n) is 9.59. The van der Waals surface area contributed by atoms with Crippen LogP contribution < -0.4 is 4.90 Å². The van der Waals surface area contributed by atoms with E-state index in [2.05, 4.69) is 81.1 Å². The minimum atomic E-state index is -0.338. The summed E-state index contributed by atoms with van der Waals surface area (Å²) in [4.78, 5) is 3.82. The molecular formula is C41H61NO6S. The molecule has 3 heterocycles. The Morgan fingerprint density at radius 2 is 1.39 bits per heavy atom. The smallest absolute Gasteiger partial charge is 0.117 e. The molecule has 0 radical (unpaired) electrons. The number of thiophene rings is 1. The van der Waals surface area contributed by atoms with E-state index in [0.717, 1.165) is 89.7 Å². The molecule has 0 N–H and O–H groups in total. The first kappa shape index (κ1) is 38.2. The Morgan fingerprint density at radius 1 is 0.735 bits per heavy atom. The molecule has 5 rings (SSSR count). The summed E-state index contributed by atoms with van der Waals surface area (Å²) in [6.07, 6.45) is 7.67. The minimum absolute atomic E-state index is 0.275. The number of fused-ring (bicyclic) bond motifs is 1. The van der Waals surface area contributed by atoms with E-state index in [1.165, 1.54) is 26.2 Å². The topological polar surface area (TPSA) is 58.6 Å². The fourth-order valence-corrected chi connectivity index (χ4v) is 7.87. The number of ether oxygens (including phenoxy) is 6. The molecule has 272 valence electrons. The van der Waals surface area contributed by atoms with Crippen LogP contribution in [0.2, 0.25) is 0 Å². The van der Waals surface area contributed by atoms with Gasteiger partial charge in [-0.1, -0.05) is 83.7 Å². The lowest BCUT2D eigenvalue weighted by atomic mass is 9.88. The molecule has 2 aliphatic rings. The summed E-state index contributed by atoms with van der Waals surface area (Å²) in [5, 5.41) is 1.31. The van der Waals surface area contributed by atoms with Crippen molar-refractivity contribution in [1.29, 1.82) is 0 Å². The molecule has 0 aliphatic carbocycles. The van der Waals surface area contributed by atoms with Gasteiger partial charge >= 0.3 is 0 Å². The normalized spacial score (nSPS) is 23.0. The Hall–Kier alpha value is -2.04. The molecule has 2 saturated heterocycles. The van der Waals surface area contributed by atoms with E-state index in [4.69, 9.17) is 28.4 Å². The van der Waals surface area contributed by atoms with Gasteiger partial charge in [0.15, 0.2) is 0 Å². The number of hydrogen-bond acceptors (Lipinski definition) is 8. The predicted molar refractivity (Wildman–Crippen MR) is 201 cm³/mol. The largest absolute Gasteiger partial charge is 0.379 e. The lowest BCUT2D eigenvalue weighted by molar-refractivity contribution is -0.268. The lowest BCUT2D eigenvalue weighted by Gasteiger charge is -2.47. The minimum Gasteiger partial charge on any atom is -0.379 e. The van der Waals surface area contributed by atoms with Gasteiger partial charge in [-0.25, -0.2) is 0 Å². The van der Waals surface area contributed by atoms with Crippen molar-refractivity contribution >= 4 is 27.1 Å². The molecule has 0 bridgehead atoms. The summed E-state index contributed by atoms with van der Waals surface area (Å²) in [5.74, 6) is 0. The molecule has 0 amide bonds. The van der Waals surface area contributed by atoms with Gasteiger partial charge in [0.25, 0.3) is 0 Å². The van der Waals surface area contributed by atoms with E-state index < -0.39 is 0 Å². The van der Waals surface area contributed by atoms with Gasteiger partial charge in [-0.15, -0.1) is 11.3 Å². The Bertz CT molecular complexity index is 1330. The highest BCUT2D eigenvalue weighted by Crippen LogP contribution is 2.42. The SMILES string of the molecule is CCCCOC[C@H]1OC(c2cc(Cc3cc4ccccc4s3)ccc2N2CCOCC2)[C@H](OCCCC)[C@@H](OCCCC)[C@@H]1OCCCC. The monoisotopic (exact) mass is 695 g/mol. The highest BCUT2D eigenvalue weighted by molar-refractivity contribution is 7.19. The second kappa shape index (κ2) is 20.7. The molecule has 2 aliphatic heterocycles. The van der Waals surface area contributed by atoms with Crippen molar-refractivity contribution in [3.05, 3.63) is 64.5 Å². The third kappa shape index (κ3) is 10.7. The van der Waals surface area contributed by atoms with Crippen LogP contribution in [-0.2, 0) is 34.8 Å². The van der Waals surface area contributed by atoms with E-state index in [0.29, 0.717) is 33.0 Å². The van der Waals surface area contributed by atoms with Crippen LogP contribution in [0.25, 0.3) is 10.1 Å². The molecular weight excluding hydrogens is 635 g/mol. The zero-order valence-electron chi connectivity index (χ0n) is 30.5. The zero-order chi connectivity index (χ0) is 34.3. The molecule has 2 aromatic carbocycles. The first-order chi connectivity index (χ1) is 24.2. The lowest BCUT2D eigenvalue weighted by Crippen LogP contribution is -2.59. The fourth-order valence-electron chi connectivity index (χ4n) is 6.77. The molecule has 1 unspecified atom stereocenters. The van der Waals surface area contributed by atoms with Crippen molar-refractivity contribution in [1.82, 2.24) is 0 Å². The van der Waals surface area contributed by atoms with E-state index in [1.54, 1.807) is 0 Å². The van der Waals surface area contributed by atoms with Crippen LogP contribution in [0.5, 0.6) is 0 Å². The van der Waals surface area contributed by atoms with Crippen molar-refractivity contribution in [3.63, 3.8) is 0 Å². The predicted octanol–water partition coefficient (Wildman–Crippen LogP) is 9.14. The maximum Gasteiger partial charge on any atom is 0.117 e. The molecule has 2 fully saturated rings. The number of morpholine rings is 1. The third-order valence-corrected chi connectivity index (χ3v) is 10.7. The van der Waals surface area contributed by atoms with Gasteiger partial charge < -0.3 is 33.3 Å². The molecule has 8 heteroatoms. The average Bonchev–Trinajstić information content (AvgIpc) is 3.54. The summed E-state index contributed by atoms with van der Waals surface area (Å²) in [6.45, 7) is 15.1. The molecule has 49 heavy (non-hydrogen) atoms. The van der Waals surface area contributed by atoms with Crippen LogP contribution in [0.1, 0.15) is 101 Å². The van der Waals surface area contributed by atoms with Crippen LogP contribution in [-0.4, -0.2) is 83.8 Å². The number of anilines is 1. The van der Waals surface area contributed by atoms with Crippen LogP contribution in [0.3, 0.4) is 0 Å². The van der Waals surface area contributed by atoms with Gasteiger partial charge in [-0.3, -0.25) is 0 Å². The van der Waals surface area contributed by atoms with Crippen LogP contribution >= 0.6 is 11.3 Å². The first-order valence-corrected chi connectivity index (χ1v) is 20.0. The van der Waals surface area contributed by atoms with Gasteiger partial charge in [0.05, 0.1) is 19.8 Å². The maximum absolute atomic E-state index is 7.25. The standard InChI is InChI=1S/C41H61NO6S/c1-5-9-21-44-30-36-39(45-22-10-6-2)41(47-24-12-8-4)40(46-23-11-7-3)38(48-36)34-28-31(17-18-35(34)42-19-25-43-26-20-42)27-33-29-32-15-13-14-16-37(32)49-33/h13-18,28-29,36,38-41H,5-12,19-27,30H2,1-4H3/t36-,38?,39-,40+,41+/m1/s1. The molecule has 5 atom stereocenters. The van der Waals surface area contributed by atoms with E-state index >= 15 is 0 Å². The molecule has 1 aromatic heterocycles. The highest BCUT2D eigenvalue weighted by atomic mass is 32.1. The maximum atomic E-state index is 7.25. The Kier molecular flexibility index (Phi) is 16.2. The average molecular weight is 696 g/mol. The van der Waals surface area contributed by atoms with E-state index in [9.17, 15) is 0 Å². The van der Waals surface area contributed by atoms with Gasteiger partial charge in [0, 0.05) is 66.8 Å². The number of unbranched alkanes of at least 4 members (excludes halogenated alkanes) is 4. The number of rotatable bonds is 21. The second-order valence-electron chi connectivity index (χ2n) is 13.5. The quantitative estimate of drug-likeness (QED) is 0.103.